The van der Waals surface area contributed by atoms with E-state index in [0.717, 1.165) is 18.1 Å². The number of nitrogens with one attached hydrogen (secondary N) is 1. The molecular weight excluding hydrogens is 256 g/mol. The highest BCUT2D eigenvalue weighted by molar-refractivity contribution is 4.91. The molecule has 124 valence electrons. The maximum Gasteiger partial charge on any atom is 0.0252 e. The fourth-order valence-corrected chi connectivity index (χ4v) is 4.53. The van der Waals surface area contributed by atoms with E-state index < -0.39 is 0 Å². The molecule has 0 aromatic rings. The van der Waals surface area contributed by atoms with Gasteiger partial charge in [-0.05, 0) is 51.6 Å². The molecule has 1 saturated carbocycles. The summed E-state index contributed by atoms with van der Waals surface area (Å²) in [6.07, 6.45) is 17.0. The number of rotatable bonds is 6. The fourth-order valence-electron chi connectivity index (χ4n) is 4.53. The topological polar surface area (TPSA) is 15.3 Å². The van der Waals surface area contributed by atoms with Gasteiger partial charge in [0.25, 0.3) is 0 Å². The molecule has 0 radical (unpaired) electrons. The van der Waals surface area contributed by atoms with Crippen LogP contribution in [0.3, 0.4) is 0 Å². The third kappa shape index (κ3) is 5.25. The Morgan fingerprint density at radius 2 is 1.62 bits per heavy atom. The van der Waals surface area contributed by atoms with E-state index in [9.17, 15) is 0 Å². The van der Waals surface area contributed by atoms with Gasteiger partial charge >= 0.3 is 0 Å². The Hall–Kier alpha value is -0.0800. The van der Waals surface area contributed by atoms with E-state index in [1.165, 1.54) is 90.1 Å². The minimum absolute atomic E-state index is 0.753. The molecule has 3 atom stereocenters. The summed E-state index contributed by atoms with van der Waals surface area (Å²) >= 11 is 0. The summed E-state index contributed by atoms with van der Waals surface area (Å²) in [7, 11) is 0. The van der Waals surface area contributed by atoms with E-state index in [0.29, 0.717) is 0 Å². The van der Waals surface area contributed by atoms with Gasteiger partial charge in [0.05, 0.1) is 0 Å². The van der Waals surface area contributed by atoms with Crippen molar-refractivity contribution in [3.63, 3.8) is 0 Å². The molecule has 21 heavy (non-hydrogen) atoms. The van der Waals surface area contributed by atoms with Crippen LogP contribution in [0, 0.1) is 0 Å². The lowest BCUT2D eigenvalue weighted by molar-refractivity contribution is 0.0546. The lowest BCUT2D eigenvalue weighted by Crippen LogP contribution is -2.55. The van der Waals surface area contributed by atoms with Gasteiger partial charge in [0.1, 0.15) is 0 Å². The second-order valence-electron chi connectivity index (χ2n) is 7.30. The molecule has 0 aromatic heterocycles. The Bertz CT molecular complexity index is 262. The predicted molar refractivity (Wildman–Crippen MR) is 92.8 cm³/mol. The largest absolute Gasteiger partial charge is 0.312 e. The summed E-state index contributed by atoms with van der Waals surface area (Å²) in [4.78, 5) is 2.94. The molecule has 0 spiro atoms. The monoisotopic (exact) mass is 294 g/mol. The molecule has 3 unspecified atom stereocenters. The summed E-state index contributed by atoms with van der Waals surface area (Å²) in [5.41, 5.74) is 0. The molecule has 1 saturated heterocycles. The summed E-state index contributed by atoms with van der Waals surface area (Å²) in [5, 5.41) is 3.91. The van der Waals surface area contributed by atoms with E-state index >= 15 is 0 Å². The zero-order valence-corrected chi connectivity index (χ0v) is 14.6. The van der Waals surface area contributed by atoms with Crippen molar-refractivity contribution < 1.29 is 0 Å². The van der Waals surface area contributed by atoms with Gasteiger partial charge < -0.3 is 5.32 Å². The van der Waals surface area contributed by atoms with E-state index in [1.54, 1.807) is 0 Å². The van der Waals surface area contributed by atoms with E-state index in [-0.39, 0.29) is 0 Å². The molecule has 0 bridgehead atoms. The van der Waals surface area contributed by atoms with Gasteiger partial charge in [-0.3, -0.25) is 4.90 Å². The Balaban J connectivity index is 2.04. The number of hydrogen-bond acceptors (Lipinski definition) is 2. The molecule has 1 N–H and O–H groups in total. The van der Waals surface area contributed by atoms with Crippen LogP contribution < -0.4 is 5.32 Å². The van der Waals surface area contributed by atoms with Crippen LogP contribution in [0.5, 0.6) is 0 Å². The SMILES string of the molecule is CCCNC1CCCCCCC1N1CCCCC1CCC. The van der Waals surface area contributed by atoms with Crippen LogP contribution in [0.4, 0.5) is 0 Å². The van der Waals surface area contributed by atoms with Crippen LogP contribution in [0.1, 0.15) is 90.9 Å². The highest BCUT2D eigenvalue weighted by atomic mass is 15.2. The zero-order valence-electron chi connectivity index (χ0n) is 14.6. The third-order valence-electron chi connectivity index (χ3n) is 5.61. The second-order valence-corrected chi connectivity index (χ2v) is 7.30. The van der Waals surface area contributed by atoms with Crippen molar-refractivity contribution in [2.24, 2.45) is 0 Å². The van der Waals surface area contributed by atoms with E-state index in [2.05, 4.69) is 24.1 Å². The van der Waals surface area contributed by atoms with Crippen molar-refractivity contribution in [2.75, 3.05) is 13.1 Å². The van der Waals surface area contributed by atoms with Gasteiger partial charge in [-0.2, -0.15) is 0 Å². The quantitative estimate of drug-likeness (QED) is 0.761. The maximum absolute atomic E-state index is 3.91. The molecular formula is C19H38N2. The summed E-state index contributed by atoms with van der Waals surface area (Å²) in [6.45, 7) is 7.22. The molecule has 2 rings (SSSR count). The molecule has 2 fully saturated rings. The normalized spacial score (nSPS) is 32.6. The zero-order chi connectivity index (χ0) is 14.9. The number of hydrogen-bond donors (Lipinski definition) is 1. The van der Waals surface area contributed by atoms with E-state index in [4.69, 9.17) is 0 Å². The first-order valence-electron chi connectivity index (χ1n) is 9.86. The average molecular weight is 295 g/mol. The van der Waals surface area contributed by atoms with Crippen LogP contribution >= 0.6 is 0 Å². The van der Waals surface area contributed by atoms with Gasteiger partial charge in [-0.1, -0.05) is 52.4 Å². The van der Waals surface area contributed by atoms with Crippen molar-refractivity contribution in [3.05, 3.63) is 0 Å². The van der Waals surface area contributed by atoms with Crippen molar-refractivity contribution >= 4 is 0 Å². The number of piperidine rings is 1. The first-order chi connectivity index (χ1) is 10.4. The van der Waals surface area contributed by atoms with Gasteiger partial charge in [0, 0.05) is 18.1 Å². The number of nitrogens with zero attached hydrogens (tertiary/aromatic N) is 1. The highest BCUT2D eigenvalue weighted by Crippen LogP contribution is 2.29. The second kappa shape index (κ2) is 9.84. The van der Waals surface area contributed by atoms with Crippen LogP contribution in [-0.2, 0) is 0 Å². The van der Waals surface area contributed by atoms with Crippen LogP contribution in [-0.4, -0.2) is 36.1 Å². The number of likely N-dealkylation sites (tertiary alicyclic amines) is 1. The van der Waals surface area contributed by atoms with Gasteiger partial charge in [-0.15, -0.1) is 0 Å². The molecule has 1 heterocycles. The molecule has 2 aliphatic rings. The summed E-state index contributed by atoms with van der Waals surface area (Å²) < 4.78 is 0. The first kappa shape index (κ1) is 17.3. The minimum Gasteiger partial charge on any atom is -0.312 e. The van der Waals surface area contributed by atoms with Crippen LogP contribution in [0.2, 0.25) is 0 Å². The van der Waals surface area contributed by atoms with Gasteiger partial charge in [-0.25, -0.2) is 0 Å². The maximum atomic E-state index is 3.91. The molecule has 2 heteroatoms. The Morgan fingerprint density at radius 1 is 0.857 bits per heavy atom. The minimum atomic E-state index is 0.753. The molecule has 2 nitrogen and oxygen atoms in total. The predicted octanol–water partition coefficient (Wildman–Crippen LogP) is 4.73. The summed E-state index contributed by atoms with van der Waals surface area (Å²) in [5.74, 6) is 0. The summed E-state index contributed by atoms with van der Waals surface area (Å²) in [6, 6.07) is 2.44. The van der Waals surface area contributed by atoms with Crippen molar-refractivity contribution in [1.29, 1.82) is 0 Å². The van der Waals surface area contributed by atoms with E-state index in [1.807, 2.05) is 0 Å². The Kier molecular flexibility index (Phi) is 8.10. The van der Waals surface area contributed by atoms with Gasteiger partial charge in [0.2, 0.25) is 0 Å². The Labute approximate surface area is 133 Å². The van der Waals surface area contributed by atoms with Crippen molar-refractivity contribution in [1.82, 2.24) is 10.2 Å². The fraction of sp³-hybridized carbons (Fsp3) is 1.00. The van der Waals surface area contributed by atoms with Gasteiger partial charge in [0.15, 0.2) is 0 Å². The Morgan fingerprint density at radius 3 is 2.38 bits per heavy atom. The molecule has 0 aromatic carbocycles. The first-order valence-corrected chi connectivity index (χ1v) is 9.86. The molecule has 1 aliphatic heterocycles. The van der Waals surface area contributed by atoms with Crippen LogP contribution in [0.25, 0.3) is 0 Å². The molecule has 1 aliphatic carbocycles. The lowest BCUT2D eigenvalue weighted by Gasteiger charge is -2.45. The molecule has 0 amide bonds. The van der Waals surface area contributed by atoms with Crippen molar-refractivity contribution in [3.8, 4) is 0 Å². The average Bonchev–Trinajstić information content (AvgIpc) is 2.48. The van der Waals surface area contributed by atoms with Crippen LogP contribution in [0.15, 0.2) is 0 Å². The highest BCUT2D eigenvalue weighted by Gasteiger charge is 2.33. The lowest BCUT2D eigenvalue weighted by atomic mass is 9.87. The third-order valence-corrected chi connectivity index (χ3v) is 5.61. The smallest absolute Gasteiger partial charge is 0.0252 e. The standard InChI is InChI=1S/C19H38N2/c1-3-11-17-12-9-10-16-21(17)19-14-8-6-5-7-13-18(19)20-15-4-2/h17-20H,3-16H2,1-2H3. The van der Waals surface area contributed by atoms with Crippen molar-refractivity contribution in [2.45, 2.75) is 109 Å².